The van der Waals surface area contributed by atoms with Gasteiger partial charge in [-0.15, -0.1) is 11.3 Å². The molecule has 1 aromatic heterocycles. The summed E-state index contributed by atoms with van der Waals surface area (Å²) in [6, 6.07) is 9.69. The molecule has 0 amide bonds. The van der Waals surface area contributed by atoms with Crippen molar-refractivity contribution in [2.75, 3.05) is 6.61 Å². The molecule has 0 bridgehead atoms. The average molecular weight is 369 g/mol. The summed E-state index contributed by atoms with van der Waals surface area (Å²) in [6.45, 7) is 4.62. The van der Waals surface area contributed by atoms with Gasteiger partial charge in [0, 0.05) is 11.3 Å². The van der Waals surface area contributed by atoms with Crippen LogP contribution in [0.2, 0.25) is 0 Å². The van der Waals surface area contributed by atoms with Crippen LogP contribution in [0.3, 0.4) is 0 Å². The van der Waals surface area contributed by atoms with Gasteiger partial charge in [-0.1, -0.05) is 31.2 Å². The van der Waals surface area contributed by atoms with Gasteiger partial charge in [0.25, 0.3) is 0 Å². The highest BCUT2D eigenvalue weighted by Gasteiger charge is 2.23. The zero-order valence-electron chi connectivity index (χ0n) is 14.8. The summed E-state index contributed by atoms with van der Waals surface area (Å²) in [6.07, 6.45) is 0.946. The van der Waals surface area contributed by atoms with Crippen LogP contribution in [0.5, 0.6) is 0 Å². The zero-order chi connectivity index (χ0) is 19.3. The maximum Gasteiger partial charge on any atom is 0.350 e. The second kappa shape index (κ2) is 8.50. The van der Waals surface area contributed by atoms with Crippen molar-refractivity contribution in [3.63, 3.8) is 0 Å². The first kappa shape index (κ1) is 19.5. The van der Waals surface area contributed by atoms with Crippen LogP contribution >= 0.6 is 11.3 Å². The molecule has 0 fully saturated rings. The standard InChI is InChI=1S/C19H19N3O3S/c1-4-13-5-7-14(8-6-13)18-22-12(3)17(26-18)19(24)25-10-16(23)15(9-20)11(2)21/h5-8,15,21H,4,10H2,1-3H3/t15-/m1/s1. The molecule has 134 valence electrons. The van der Waals surface area contributed by atoms with Crippen LogP contribution in [0, 0.1) is 29.6 Å². The minimum Gasteiger partial charge on any atom is -0.453 e. The highest BCUT2D eigenvalue weighted by atomic mass is 32.1. The Kier molecular flexibility index (Phi) is 6.36. The lowest BCUT2D eigenvalue weighted by atomic mass is 10.0. The van der Waals surface area contributed by atoms with E-state index in [0.717, 1.165) is 12.0 Å². The minimum atomic E-state index is -1.18. The molecule has 2 rings (SSSR count). The molecule has 0 spiro atoms. The third-order valence-corrected chi connectivity index (χ3v) is 5.01. The van der Waals surface area contributed by atoms with Gasteiger partial charge in [-0.3, -0.25) is 4.79 Å². The molecule has 1 aromatic carbocycles. The number of rotatable bonds is 7. The van der Waals surface area contributed by atoms with Gasteiger partial charge < -0.3 is 10.1 Å². The van der Waals surface area contributed by atoms with E-state index in [-0.39, 0.29) is 5.71 Å². The Hall–Kier alpha value is -2.85. The van der Waals surface area contributed by atoms with Gasteiger partial charge in [-0.2, -0.15) is 5.26 Å². The van der Waals surface area contributed by atoms with Gasteiger partial charge in [0.15, 0.2) is 12.4 Å². The quantitative estimate of drug-likeness (QED) is 0.593. The fourth-order valence-corrected chi connectivity index (χ4v) is 3.25. The van der Waals surface area contributed by atoms with Crippen molar-refractivity contribution in [3.05, 3.63) is 40.4 Å². The Bertz CT molecular complexity index is 878. The van der Waals surface area contributed by atoms with E-state index in [1.165, 1.54) is 23.8 Å². The number of nitrogens with one attached hydrogen (secondary N) is 1. The molecule has 0 saturated carbocycles. The second-order valence-corrected chi connectivity index (χ2v) is 6.77. The maximum atomic E-state index is 12.3. The number of nitriles is 1. The number of Topliss-reactive ketones (excluding diaryl/α,β-unsaturated/α-hetero) is 1. The SMILES string of the molecule is CCc1ccc(-c2nc(C)c(C(=O)OCC(=O)[C@H](C#N)C(C)=N)s2)cc1. The third kappa shape index (κ3) is 4.41. The summed E-state index contributed by atoms with van der Waals surface area (Å²) in [4.78, 5) is 28.9. The second-order valence-electron chi connectivity index (χ2n) is 5.77. The molecule has 0 unspecified atom stereocenters. The normalized spacial score (nSPS) is 11.5. The zero-order valence-corrected chi connectivity index (χ0v) is 15.6. The van der Waals surface area contributed by atoms with Crippen molar-refractivity contribution in [2.45, 2.75) is 27.2 Å². The summed E-state index contributed by atoms with van der Waals surface area (Å²) >= 11 is 1.20. The summed E-state index contributed by atoms with van der Waals surface area (Å²) in [5.41, 5.74) is 2.59. The van der Waals surface area contributed by atoms with Crippen LogP contribution in [0.1, 0.15) is 34.8 Å². The first-order valence-electron chi connectivity index (χ1n) is 8.08. The Morgan fingerprint density at radius 3 is 2.54 bits per heavy atom. The number of nitrogens with zero attached hydrogens (tertiary/aromatic N) is 2. The minimum absolute atomic E-state index is 0.0691. The number of ketones is 1. The van der Waals surface area contributed by atoms with Crippen molar-refractivity contribution in [1.82, 2.24) is 4.98 Å². The first-order valence-corrected chi connectivity index (χ1v) is 8.90. The van der Waals surface area contributed by atoms with E-state index in [1.807, 2.05) is 24.3 Å². The van der Waals surface area contributed by atoms with Gasteiger partial charge in [0.05, 0.1) is 11.8 Å². The molecule has 6 nitrogen and oxygen atoms in total. The lowest BCUT2D eigenvalue weighted by molar-refractivity contribution is -0.122. The van der Waals surface area contributed by atoms with E-state index in [2.05, 4.69) is 11.9 Å². The predicted molar refractivity (Wildman–Crippen MR) is 99.5 cm³/mol. The number of carbonyl (C=O) groups excluding carboxylic acids is 2. The number of carbonyl (C=O) groups is 2. The van der Waals surface area contributed by atoms with Crippen LogP contribution < -0.4 is 0 Å². The molecule has 2 aromatic rings. The fraction of sp³-hybridized carbons (Fsp3) is 0.316. The van der Waals surface area contributed by atoms with Gasteiger partial charge in [-0.05, 0) is 25.8 Å². The Morgan fingerprint density at radius 1 is 1.35 bits per heavy atom. The molecule has 1 N–H and O–H groups in total. The molecule has 26 heavy (non-hydrogen) atoms. The van der Waals surface area contributed by atoms with Crippen molar-refractivity contribution in [2.24, 2.45) is 5.92 Å². The lowest BCUT2D eigenvalue weighted by Gasteiger charge is -2.06. The van der Waals surface area contributed by atoms with E-state index in [9.17, 15) is 9.59 Å². The summed E-state index contributed by atoms with van der Waals surface area (Å²) in [5, 5.41) is 17.0. The number of hydrogen-bond donors (Lipinski definition) is 1. The number of aryl methyl sites for hydroxylation is 2. The van der Waals surface area contributed by atoms with Gasteiger partial charge in [-0.25, -0.2) is 9.78 Å². The van der Waals surface area contributed by atoms with E-state index in [0.29, 0.717) is 15.6 Å². The van der Waals surface area contributed by atoms with Crippen LogP contribution in [0.15, 0.2) is 24.3 Å². The van der Waals surface area contributed by atoms with Crippen molar-refractivity contribution < 1.29 is 14.3 Å². The summed E-state index contributed by atoms with van der Waals surface area (Å²) in [7, 11) is 0. The summed E-state index contributed by atoms with van der Waals surface area (Å²) in [5.74, 6) is -2.44. The maximum absolute atomic E-state index is 12.3. The van der Waals surface area contributed by atoms with E-state index < -0.39 is 24.3 Å². The molecule has 0 radical (unpaired) electrons. The fourth-order valence-electron chi connectivity index (χ4n) is 2.29. The summed E-state index contributed by atoms with van der Waals surface area (Å²) < 4.78 is 5.02. The van der Waals surface area contributed by atoms with Crippen molar-refractivity contribution in [3.8, 4) is 16.6 Å². The smallest absolute Gasteiger partial charge is 0.350 e. The van der Waals surface area contributed by atoms with Crippen LogP contribution in [-0.2, 0) is 16.0 Å². The van der Waals surface area contributed by atoms with Crippen molar-refractivity contribution in [1.29, 1.82) is 10.7 Å². The van der Waals surface area contributed by atoms with Gasteiger partial charge in [0.2, 0.25) is 0 Å². The van der Waals surface area contributed by atoms with E-state index >= 15 is 0 Å². The molecule has 0 aliphatic carbocycles. The monoisotopic (exact) mass is 369 g/mol. The van der Waals surface area contributed by atoms with Crippen molar-refractivity contribution >= 4 is 28.8 Å². The number of aromatic nitrogens is 1. The number of ether oxygens (including phenoxy) is 1. The molecule has 0 aliphatic rings. The molecule has 0 saturated heterocycles. The Labute approximate surface area is 156 Å². The molecule has 0 aliphatic heterocycles. The Balaban J connectivity index is 2.10. The van der Waals surface area contributed by atoms with E-state index in [4.69, 9.17) is 15.4 Å². The third-order valence-electron chi connectivity index (χ3n) is 3.82. The number of benzene rings is 1. The van der Waals surface area contributed by atoms with Crippen LogP contribution in [0.25, 0.3) is 10.6 Å². The van der Waals surface area contributed by atoms with Gasteiger partial charge >= 0.3 is 5.97 Å². The topological polar surface area (TPSA) is 104 Å². The largest absolute Gasteiger partial charge is 0.453 e. The predicted octanol–water partition coefficient (Wildman–Crippen LogP) is 3.59. The molecular weight excluding hydrogens is 350 g/mol. The number of hydrogen-bond acceptors (Lipinski definition) is 7. The molecule has 1 atom stereocenters. The van der Waals surface area contributed by atoms with E-state index in [1.54, 1.807) is 13.0 Å². The van der Waals surface area contributed by atoms with Crippen LogP contribution in [0.4, 0.5) is 0 Å². The highest BCUT2D eigenvalue weighted by Crippen LogP contribution is 2.28. The Morgan fingerprint density at radius 2 is 2.00 bits per heavy atom. The molecule has 7 heteroatoms. The van der Waals surface area contributed by atoms with Crippen LogP contribution in [-0.4, -0.2) is 29.1 Å². The molecule has 1 heterocycles. The highest BCUT2D eigenvalue weighted by molar-refractivity contribution is 7.17. The number of esters is 1. The number of thiazole rings is 1. The first-order chi connectivity index (χ1) is 12.4. The molecular formula is C19H19N3O3S. The average Bonchev–Trinajstić information content (AvgIpc) is 3.02. The van der Waals surface area contributed by atoms with Gasteiger partial charge in [0.1, 0.15) is 15.8 Å². The lowest BCUT2D eigenvalue weighted by Crippen LogP contribution is -2.25.